The molecule has 9 heteroatoms. The minimum absolute atomic E-state index is 0.241. The molecule has 0 aromatic carbocycles. The van der Waals surface area contributed by atoms with Crippen LogP contribution in [-0.4, -0.2) is 29.7 Å². The van der Waals surface area contributed by atoms with Crippen LogP contribution in [-0.2, 0) is 13.6 Å². The van der Waals surface area contributed by atoms with Crippen LogP contribution in [0.1, 0.15) is 5.56 Å². The highest BCUT2D eigenvalue weighted by Gasteiger charge is 2.11. The molecule has 4 rings (SSSR count). The summed E-state index contributed by atoms with van der Waals surface area (Å²) in [4.78, 5) is 16.2. The molecular weight excluding hydrogens is 318 g/mol. The molecule has 9 nitrogen and oxygen atoms in total. The van der Waals surface area contributed by atoms with Crippen LogP contribution in [0.25, 0.3) is 22.3 Å². The third kappa shape index (κ3) is 2.82. The predicted octanol–water partition coefficient (Wildman–Crippen LogP) is 3.03. The number of fused-ring (bicyclic) bond motifs is 1. The second-order valence-corrected chi connectivity index (χ2v) is 5.51. The summed E-state index contributed by atoms with van der Waals surface area (Å²) in [5.41, 5.74) is 10.7. The van der Waals surface area contributed by atoms with Crippen molar-refractivity contribution in [3.05, 3.63) is 48.7 Å². The Morgan fingerprint density at radius 1 is 1.32 bits per heavy atom. The lowest BCUT2D eigenvalue weighted by atomic mass is 10.2. The maximum atomic E-state index is 7.30. The van der Waals surface area contributed by atoms with Gasteiger partial charge in [-0.05, 0) is 17.7 Å². The number of hydrogen-bond donors (Lipinski definition) is 3. The first-order chi connectivity index (χ1) is 12.2. The number of anilines is 1. The van der Waals surface area contributed by atoms with E-state index in [1.807, 2.05) is 31.6 Å². The molecule has 0 aliphatic heterocycles. The van der Waals surface area contributed by atoms with Crippen LogP contribution in [0.5, 0.6) is 0 Å². The zero-order chi connectivity index (χ0) is 17.2. The lowest BCUT2D eigenvalue weighted by molar-refractivity contribution is 0.768. The zero-order valence-corrected chi connectivity index (χ0v) is 13.4. The predicted molar refractivity (Wildman–Crippen MR) is 92.5 cm³/mol. The number of hydrogen-bond acceptors (Lipinski definition) is 7. The third-order valence-corrected chi connectivity index (χ3v) is 3.84. The van der Waals surface area contributed by atoms with Crippen molar-refractivity contribution >= 4 is 22.7 Å². The van der Waals surface area contributed by atoms with Gasteiger partial charge in [-0.15, -0.1) is 5.11 Å². The minimum Gasteiger partial charge on any atom is -0.363 e. The quantitative estimate of drug-likeness (QED) is 0.485. The summed E-state index contributed by atoms with van der Waals surface area (Å²) in [5, 5.41) is 11.8. The van der Waals surface area contributed by atoms with Crippen molar-refractivity contribution in [2.24, 2.45) is 12.2 Å². The van der Waals surface area contributed by atoms with Gasteiger partial charge in [0.15, 0.2) is 5.82 Å². The normalized spacial score (nSPS) is 10.9. The van der Waals surface area contributed by atoms with Crippen molar-refractivity contribution in [3.8, 4) is 11.3 Å². The molecule has 0 fully saturated rings. The van der Waals surface area contributed by atoms with E-state index in [2.05, 4.69) is 35.5 Å². The van der Waals surface area contributed by atoms with Gasteiger partial charge in [0, 0.05) is 43.1 Å². The number of aryl methyl sites for hydroxylation is 1. The van der Waals surface area contributed by atoms with E-state index in [1.54, 1.807) is 23.3 Å². The lowest BCUT2D eigenvalue weighted by Gasteiger charge is -2.08. The van der Waals surface area contributed by atoms with Gasteiger partial charge in [-0.2, -0.15) is 5.10 Å². The van der Waals surface area contributed by atoms with Crippen molar-refractivity contribution in [1.82, 2.24) is 29.7 Å². The van der Waals surface area contributed by atoms with Crippen LogP contribution < -0.4 is 5.32 Å². The van der Waals surface area contributed by atoms with E-state index in [0.717, 1.165) is 22.2 Å². The summed E-state index contributed by atoms with van der Waals surface area (Å²) >= 11 is 0. The largest absolute Gasteiger partial charge is 0.363 e. The van der Waals surface area contributed by atoms with Gasteiger partial charge >= 0.3 is 0 Å². The molecule has 0 radical (unpaired) electrons. The highest BCUT2D eigenvalue weighted by Crippen LogP contribution is 2.25. The molecule has 4 aromatic heterocycles. The topological polar surface area (TPSA) is 121 Å². The van der Waals surface area contributed by atoms with E-state index in [4.69, 9.17) is 5.53 Å². The van der Waals surface area contributed by atoms with Crippen molar-refractivity contribution in [2.75, 3.05) is 5.32 Å². The van der Waals surface area contributed by atoms with E-state index in [1.165, 1.54) is 0 Å². The molecule has 0 amide bonds. The standard InChI is InChI=1S/C16H15N9/c1-25-9-11(7-22-25)13-8-21-16(24-17)15(23-13)20-6-10-5-19-14-12(10)3-2-4-18-14/h2-5,7-9,17H,6H2,1H3,(H,18,19)(H,20,23). The van der Waals surface area contributed by atoms with Crippen LogP contribution >= 0.6 is 0 Å². The second-order valence-electron chi connectivity index (χ2n) is 5.51. The summed E-state index contributed by atoms with van der Waals surface area (Å²) in [6.07, 6.45) is 8.81. The summed E-state index contributed by atoms with van der Waals surface area (Å²) in [7, 11) is 1.84. The summed E-state index contributed by atoms with van der Waals surface area (Å²) < 4.78 is 1.70. The van der Waals surface area contributed by atoms with Crippen LogP contribution in [0.15, 0.2) is 48.2 Å². The van der Waals surface area contributed by atoms with Gasteiger partial charge in [-0.25, -0.2) is 20.5 Å². The second kappa shape index (κ2) is 6.11. The Balaban J connectivity index is 1.63. The summed E-state index contributed by atoms with van der Waals surface area (Å²) in [6.45, 7) is 0.513. The first-order valence-corrected chi connectivity index (χ1v) is 7.63. The molecule has 0 atom stereocenters. The van der Waals surface area contributed by atoms with Gasteiger partial charge in [-0.1, -0.05) is 0 Å². The van der Waals surface area contributed by atoms with Gasteiger partial charge in [0.2, 0.25) is 5.82 Å². The fourth-order valence-electron chi connectivity index (χ4n) is 2.61. The fourth-order valence-corrected chi connectivity index (χ4v) is 2.61. The molecule has 0 unspecified atom stereocenters. The highest BCUT2D eigenvalue weighted by molar-refractivity contribution is 5.79. The van der Waals surface area contributed by atoms with E-state index in [-0.39, 0.29) is 5.82 Å². The number of aromatic amines is 1. The number of rotatable bonds is 5. The molecule has 124 valence electrons. The molecular formula is C16H15N9. The summed E-state index contributed by atoms with van der Waals surface area (Å²) in [5.74, 6) is 0.695. The van der Waals surface area contributed by atoms with Gasteiger partial charge in [0.25, 0.3) is 0 Å². The minimum atomic E-state index is 0.241. The maximum Gasteiger partial charge on any atom is 0.216 e. The van der Waals surface area contributed by atoms with Crippen LogP contribution in [0.4, 0.5) is 11.6 Å². The van der Waals surface area contributed by atoms with Crippen molar-refractivity contribution in [3.63, 3.8) is 0 Å². The van der Waals surface area contributed by atoms with E-state index < -0.39 is 0 Å². The molecule has 0 aliphatic carbocycles. The molecule has 0 saturated carbocycles. The molecule has 4 heterocycles. The number of pyridine rings is 1. The molecule has 25 heavy (non-hydrogen) atoms. The average Bonchev–Trinajstić information content (AvgIpc) is 3.26. The van der Waals surface area contributed by atoms with Gasteiger partial charge in [-0.3, -0.25) is 4.68 Å². The molecule has 3 N–H and O–H groups in total. The van der Waals surface area contributed by atoms with Crippen molar-refractivity contribution in [2.45, 2.75) is 6.54 Å². The Hall–Kier alpha value is -3.62. The number of aromatic nitrogens is 6. The van der Waals surface area contributed by atoms with E-state index in [9.17, 15) is 0 Å². The Morgan fingerprint density at radius 2 is 2.24 bits per heavy atom. The highest BCUT2D eigenvalue weighted by atomic mass is 15.2. The number of H-pyrrole nitrogens is 1. The Labute approximate surface area is 142 Å². The monoisotopic (exact) mass is 333 g/mol. The maximum absolute atomic E-state index is 7.30. The number of nitrogens with zero attached hydrogens (tertiary/aromatic N) is 6. The third-order valence-electron chi connectivity index (χ3n) is 3.84. The van der Waals surface area contributed by atoms with Gasteiger partial charge in [0.1, 0.15) is 5.65 Å². The molecule has 0 saturated heterocycles. The zero-order valence-electron chi connectivity index (χ0n) is 13.4. The van der Waals surface area contributed by atoms with Crippen LogP contribution in [0, 0.1) is 5.53 Å². The summed E-state index contributed by atoms with van der Waals surface area (Å²) in [6, 6.07) is 3.90. The van der Waals surface area contributed by atoms with E-state index in [0.29, 0.717) is 18.1 Å². The van der Waals surface area contributed by atoms with Gasteiger partial charge < -0.3 is 10.3 Å². The van der Waals surface area contributed by atoms with Crippen molar-refractivity contribution < 1.29 is 0 Å². The Morgan fingerprint density at radius 3 is 3.04 bits per heavy atom. The lowest BCUT2D eigenvalue weighted by Crippen LogP contribution is -2.03. The van der Waals surface area contributed by atoms with Crippen LogP contribution in [0.3, 0.4) is 0 Å². The molecule has 0 aliphatic rings. The molecule has 0 spiro atoms. The first kappa shape index (κ1) is 14.9. The molecule has 0 bridgehead atoms. The smallest absolute Gasteiger partial charge is 0.216 e. The first-order valence-electron chi connectivity index (χ1n) is 7.63. The molecule has 4 aromatic rings. The van der Waals surface area contributed by atoms with Crippen molar-refractivity contribution in [1.29, 1.82) is 5.53 Å². The van der Waals surface area contributed by atoms with E-state index >= 15 is 0 Å². The van der Waals surface area contributed by atoms with Crippen LogP contribution in [0.2, 0.25) is 0 Å². The number of nitrogens with one attached hydrogen (secondary N) is 3. The van der Waals surface area contributed by atoms with Gasteiger partial charge in [0.05, 0.1) is 18.1 Å². The average molecular weight is 333 g/mol. The SMILES string of the molecule is Cn1cc(-c2cnc(N=N)c(NCc3c[nH]c4ncccc34)n2)cn1. The Bertz CT molecular complexity index is 1050. The Kier molecular flexibility index (Phi) is 3.65. The fraction of sp³-hybridized carbons (Fsp3) is 0.125.